The number of fused-ring (bicyclic) bond motifs is 3. The third kappa shape index (κ3) is 4.09. The topological polar surface area (TPSA) is 46.3 Å². The zero-order valence-electron chi connectivity index (χ0n) is 18.5. The van der Waals surface area contributed by atoms with Crippen LogP contribution < -0.4 is 14.8 Å². The van der Waals surface area contributed by atoms with Crippen molar-refractivity contribution >= 4 is 16.5 Å². The maximum Gasteiger partial charge on any atom is 0.162 e. The van der Waals surface area contributed by atoms with E-state index < -0.39 is 0 Å². The number of aromatic nitrogens is 1. The molecule has 1 aliphatic heterocycles. The first-order valence-electron chi connectivity index (χ1n) is 11.5. The minimum absolute atomic E-state index is 0.578. The summed E-state index contributed by atoms with van der Waals surface area (Å²) in [4.78, 5) is 3.64. The molecular weight excluding hydrogens is 384 g/mol. The molecule has 2 heterocycles. The van der Waals surface area contributed by atoms with Gasteiger partial charge in [-0.05, 0) is 67.2 Å². The fraction of sp³-hybridized carbons (Fsp3) is 0.407. The maximum absolute atomic E-state index is 5.55. The summed E-state index contributed by atoms with van der Waals surface area (Å²) < 4.78 is 11.0. The number of rotatable bonds is 6. The van der Waals surface area contributed by atoms with Crippen molar-refractivity contribution in [3.8, 4) is 11.5 Å². The highest BCUT2D eigenvalue weighted by Gasteiger charge is 2.25. The third-order valence-corrected chi connectivity index (χ3v) is 7.08. The fourth-order valence-corrected chi connectivity index (χ4v) is 5.36. The number of aromatic amines is 1. The van der Waals surface area contributed by atoms with Gasteiger partial charge in [0.15, 0.2) is 11.5 Å². The summed E-state index contributed by atoms with van der Waals surface area (Å²) in [6.07, 6.45) is 9.55. The lowest BCUT2D eigenvalue weighted by molar-refractivity contribution is 0.355. The first kappa shape index (κ1) is 20.2. The van der Waals surface area contributed by atoms with Gasteiger partial charge in [-0.25, -0.2) is 0 Å². The van der Waals surface area contributed by atoms with Gasteiger partial charge in [-0.1, -0.05) is 36.4 Å². The normalized spacial score (nSPS) is 20.9. The van der Waals surface area contributed by atoms with Gasteiger partial charge in [0.05, 0.1) is 14.2 Å². The predicted octanol–water partition coefficient (Wildman–Crippen LogP) is 5.52. The van der Waals surface area contributed by atoms with Crippen LogP contribution in [0, 0.1) is 5.92 Å². The molecule has 0 bridgehead atoms. The van der Waals surface area contributed by atoms with E-state index in [0.29, 0.717) is 6.04 Å². The average Bonchev–Trinajstić information content (AvgIpc) is 3.19. The summed E-state index contributed by atoms with van der Waals surface area (Å²) in [6.45, 7) is 0.980. The number of ether oxygens (including phenoxy) is 2. The lowest BCUT2D eigenvalue weighted by Gasteiger charge is -2.28. The van der Waals surface area contributed by atoms with Crippen LogP contribution in [0.15, 0.2) is 48.5 Å². The molecule has 2 N–H and O–H groups in total. The molecule has 0 amide bonds. The molecule has 2 unspecified atom stereocenters. The van der Waals surface area contributed by atoms with E-state index in [0.717, 1.165) is 48.7 Å². The molecule has 2 aromatic carbocycles. The van der Waals surface area contributed by atoms with Gasteiger partial charge >= 0.3 is 0 Å². The molecule has 1 aliphatic carbocycles. The molecule has 0 radical (unpaired) electrons. The van der Waals surface area contributed by atoms with Crippen molar-refractivity contribution in [2.75, 3.05) is 20.8 Å². The second kappa shape index (κ2) is 8.80. The number of hydrogen-bond acceptors (Lipinski definition) is 3. The van der Waals surface area contributed by atoms with Crippen LogP contribution in [0.1, 0.15) is 42.5 Å². The van der Waals surface area contributed by atoms with Gasteiger partial charge in [-0.3, -0.25) is 0 Å². The Hall–Kier alpha value is -2.72. The van der Waals surface area contributed by atoms with Crippen molar-refractivity contribution in [1.82, 2.24) is 10.3 Å². The van der Waals surface area contributed by atoms with Crippen molar-refractivity contribution in [2.45, 2.75) is 44.6 Å². The fourth-order valence-electron chi connectivity index (χ4n) is 5.36. The van der Waals surface area contributed by atoms with Crippen molar-refractivity contribution in [1.29, 1.82) is 0 Å². The summed E-state index contributed by atoms with van der Waals surface area (Å²) in [7, 11) is 3.40. The Bertz CT molecular complexity index is 1080. The first-order valence-corrected chi connectivity index (χ1v) is 11.5. The van der Waals surface area contributed by atoms with Crippen molar-refractivity contribution in [3.63, 3.8) is 0 Å². The van der Waals surface area contributed by atoms with Crippen molar-refractivity contribution < 1.29 is 9.47 Å². The highest BCUT2D eigenvalue weighted by Crippen LogP contribution is 2.39. The molecule has 0 spiro atoms. The van der Waals surface area contributed by atoms with Crippen LogP contribution in [0.3, 0.4) is 0 Å². The Balaban J connectivity index is 1.25. The van der Waals surface area contributed by atoms with Crippen molar-refractivity contribution in [3.05, 3.63) is 65.4 Å². The molecule has 31 heavy (non-hydrogen) atoms. The minimum Gasteiger partial charge on any atom is -0.493 e. The number of methoxy groups -OCH3 is 2. The summed E-state index contributed by atoms with van der Waals surface area (Å²) >= 11 is 0. The molecule has 0 saturated carbocycles. The van der Waals surface area contributed by atoms with Crippen LogP contribution in [-0.2, 0) is 12.8 Å². The number of nitrogens with one attached hydrogen (secondary N) is 2. The van der Waals surface area contributed by atoms with E-state index in [4.69, 9.17) is 9.47 Å². The van der Waals surface area contributed by atoms with Gasteiger partial charge in [0.25, 0.3) is 0 Å². The third-order valence-electron chi connectivity index (χ3n) is 7.08. The number of benzene rings is 2. The smallest absolute Gasteiger partial charge is 0.162 e. The average molecular weight is 417 g/mol. The number of H-pyrrole nitrogens is 1. The maximum atomic E-state index is 5.55. The molecule has 1 aromatic heterocycles. The highest BCUT2D eigenvalue weighted by molar-refractivity contribution is 5.88. The second-order valence-electron chi connectivity index (χ2n) is 8.93. The molecule has 2 aliphatic rings. The minimum atomic E-state index is 0.578. The molecule has 4 nitrogen and oxygen atoms in total. The van der Waals surface area contributed by atoms with E-state index >= 15 is 0 Å². The van der Waals surface area contributed by atoms with E-state index in [9.17, 15) is 0 Å². The summed E-state index contributed by atoms with van der Waals surface area (Å²) in [5.74, 6) is 2.34. The molecule has 162 valence electrons. The quantitative estimate of drug-likeness (QED) is 0.556. The predicted molar refractivity (Wildman–Crippen MR) is 127 cm³/mol. The van der Waals surface area contributed by atoms with Crippen LogP contribution in [0.4, 0.5) is 0 Å². The van der Waals surface area contributed by atoms with Gasteiger partial charge in [0.2, 0.25) is 0 Å². The second-order valence-corrected chi connectivity index (χ2v) is 8.93. The molecular formula is C27H32N2O2. The van der Waals surface area contributed by atoms with Gasteiger partial charge in [0.1, 0.15) is 0 Å². The molecule has 3 aromatic rings. The molecule has 0 saturated heterocycles. The molecule has 4 heteroatoms. The van der Waals surface area contributed by atoms with Crippen LogP contribution in [0.2, 0.25) is 0 Å². The Labute approximate surface area is 184 Å². The molecule has 0 fully saturated rings. The Morgan fingerprint density at radius 2 is 1.77 bits per heavy atom. The van der Waals surface area contributed by atoms with Crippen LogP contribution in [0.25, 0.3) is 16.5 Å². The van der Waals surface area contributed by atoms with Gasteiger partial charge in [-0.2, -0.15) is 0 Å². The Morgan fingerprint density at radius 1 is 0.968 bits per heavy atom. The van der Waals surface area contributed by atoms with Gasteiger partial charge in [-0.15, -0.1) is 0 Å². The molecule has 5 rings (SSSR count). The zero-order valence-corrected chi connectivity index (χ0v) is 18.5. The number of hydrogen-bond donors (Lipinski definition) is 2. The Morgan fingerprint density at radius 3 is 2.58 bits per heavy atom. The monoisotopic (exact) mass is 416 g/mol. The lowest BCUT2D eigenvalue weighted by Crippen LogP contribution is -2.33. The lowest BCUT2D eigenvalue weighted by atomic mass is 9.82. The van der Waals surface area contributed by atoms with E-state index in [-0.39, 0.29) is 0 Å². The summed E-state index contributed by atoms with van der Waals surface area (Å²) in [5.41, 5.74) is 6.91. The largest absolute Gasteiger partial charge is 0.493 e. The zero-order chi connectivity index (χ0) is 21.2. The Kier molecular flexibility index (Phi) is 5.73. The van der Waals surface area contributed by atoms with Crippen LogP contribution in [0.5, 0.6) is 11.5 Å². The van der Waals surface area contributed by atoms with E-state index in [1.807, 2.05) is 0 Å². The van der Waals surface area contributed by atoms with Crippen LogP contribution in [-0.4, -0.2) is 31.8 Å². The SMILES string of the molecule is COc1cc2[nH]c3c(c2cc1OC)CC(CCC1CC(c2ccccc2)=CCN1)CC3. The highest BCUT2D eigenvalue weighted by atomic mass is 16.5. The van der Waals surface area contributed by atoms with Crippen molar-refractivity contribution in [2.24, 2.45) is 5.92 Å². The first-order chi connectivity index (χ1) is 15.2. The van der Waals surface area contributed by atoms with E-state index in [2.05, 4.69) is 58.8 Å². The number of aryl methyl sites for hydroxylation is 1. The van der Waals surface area contributed by atoms with E-state index in [1.54, 1.807) is 14.2 Å². The standard InChI is InChI=1S/C27H32N2O2/c1-30-26-16-23-22-14-18(9-11-24(22)29-25(23)17-27(26)31-2)8-10-21-15-20(12-13-28-21)19-6-4-3-5-7-19/h3-7,12,16-18,21,28-29H,8-11,13-15H2,1-2H3. The summed E-state index contributed by atoms with van der Waals surface area (Å²) in [5, 5.41) is 5.01. The summed E-state index contributed by atoms with van der Waals surface area (Å²) in [6, 6.07) is 15.6. The van der Waals surface area contributed by atoms with E-state index in [1.165, 1.54) is 47.0 Å². The van der Waals surface area contributed by atoms with Crippen LogP contribution >= 0.6 is 0 Å². The van der Waals surface area contributed by atoms with Gasteiger partial charge in [0, 0.05) is 35.2 Å². The van der Waals surface area contributed by atoms with Gasteiger partial charge < -0.3 is 19.8 Å². The molecule has 2 atom stereocenters.